The molecule has 128 valence electrons. The van der Waals surface area contributed by atoms with Gasteiger partial charge in [0.15, 0.2) is 16.3 Å². The predicted octanol–water partition coefficient (Wildman–Crippen LogP) is 4.14. The molecule has 3 nitrogen and oxygen atoms in total. The molecule has 26 heavy (non-hydrogen) atoms. The van der Waals surface area contributed by atoms with Crippen LogP contribution < -0.4 is 0 Å². The summed E-state index contributed by atoms with van der Waals surface area (Å²) in [6.45, 7) is 1.91. The number of aromatic nitrogens is 1. The van der Waals surface area contributed by atoms with E-state index in [0.29, 0.717) is 11.9 Å². The zero-order chi connectivity index (χ0) is 18.6. The van der Waals surface area contributed by atoms with E-state index in [1.807, 2.05) is 61.5 Å². The number of aryl methyl sites for hydroxylation is 1. The molecular weight excluding hydrogens is 337 g/mol. The van der Waals surface area contributed by atoms with Crippen LogP contribution in [0.15, 0.2) is 78.9 Å². The lowest BCUT2D eigenvalue weighted by Gasteiger charge is -2.23. The third-order valence-electron chi connectivity index (χ3n) is 4.15. The number of phenols is 1. The van der Waals surface area contributed by atoms with Gasteiger partial charge in [0.2, 0.25) is 0 Å². The predicted molar refractivity (Wildman–Crippen MR) is 107 cm³/mol. The van der Waals surface area contributed by atoms with Crippen LogP contribution in [0.5, 0.6) is 5.75 Å². The molecule has 0 fully saturated rings. The molecular formula is C22H20AlNO2. The Kier molecular flexibility index (Phi) is 5.59. The van der Waals surface area contributed by atoms with Gasteiger partial charge in [-0.3, -0.25) is 0 Å². The molecule has 0 saturated carbocycles. The molecule has 2 N–H and O–H groups in total. The van der Waals surface area contributed by atoms with Crippen molar-refractivity contribution in [3.8, 4) is 5.75 Å². The third-order valence-corrected chi connectivity index (χ3v) is 4.57. The summed E-state index contributed by atoms with van der Waals surface area (Å²) in [5.41, 5.74) is 3.98. The molecule has 0 amide bonds. The molecule has 2 aromatic carbocycles. The number of fused-ring (bicyclic) bond motifs is 1. The monoisotopic (exact) mass is 357 g/mol. The Bertz CT molecular complexity index is 962. The van der Waals surface area contributed by atoms with Crippen LogP contribution in [0.4, 0.5) is 0 Å². The van der Waals surface area contributed by atoms with Crippen molar-refractivity contribution in [2.75, 3.05) is 0 Å². The molecule has 4 heteroatoms. The highest BCUT2D eigenvalue weighted by Gasteiger charge is 2.16. The Morgan fingerprint density at radius 3 is 2.46 bits per heavy atom. The van der Waals surface area contributed by atoms with Crippen molar-refractivity contribution in [3.63, 3.8) is 0 Å². The molecule has 1 atom stereocenters. The third kappa shape index (κ3) is 4.62. The van der Waals surface area contributed by atoms with Gasteiger partial charge in [0.05, 0.1) is 0 Å². The van der Waals surface area contributed by atoms with E-state index in [1.54, 1.807) is 6.07 Å². The first-order chi connectivity index (χ1) is 12.4. The van der Waals surface area contributed by atoms with E-state index in [2.05, 4.69) is 39.5 Å². The van der Waals surface area contributed by atoms with Crippen molar-refractivity contribution in [2.45, 2.75) is 17.8 Å². The Hall–Kier alpha value is -2.38. The van der Waals surface area contributed by atoms with Crippen molar-refractivity contribution in [1.82, 2.24) is 4.98 Å². The number of benzene rings is 2. The van der Waals surface area contributed by atoms with Gasteiger partial charge in [-0.25, -0.2) is 4.98 Å². The zero-order valence-corrected chi connectivity index (χ0v) is 15.8. The van der Waals surface area contributed by atoms with E-state index in [9.17, 15) is 10.2 Å². The average Bonchev–Trinajstić information content (AvgIpc) is 2.64. The van der Waals surface area contributed by atoms with Crippen LogP contribution in [-0.4, -0.2) is 36.0 Å². The number of para-hydroxylation sites is 1. The largest absolute Gasteiger partial charge is 0.506 e. The van der Waals surface area contributed by atoms with Crippen LogP contribution >= 0.6 is 0 Å². The summed E-state index contributed by atoms with van der Waals surface area (Å²) >= 11 is 2.44. The molecule has 3 aromatic rings. The summed E-state index contributed by atoms with van der Waals surface area (Å²) in [7, 11) is 0. The lowest BCUT2D eigenvalue weighted by Crippen LogP contribution is -2.26. The highest BCUT2D eigenvalue weighted by Crippen LogP contribution is 2.24. The molecule has 0 spiro atoms. The minimum absolute atomic E-state index is 0.246. The van der Waals surface area contributed by atoms with Gasteiger partial charge < -0.3 is 10.2 Å². The van der Waals surface area contributed by atoms with E-state index in [4.69, 9.17) is 0 Å². The van der Waals surface area contributed by atoms with Crippen molar-refractivity contribution in [2.24, 2.45) is 0 Å². The highest BCUT2D eigenvalue weighted by molar-refractivity contribution is 6.16. The fourth-order valence-electron chi connectivity index (χ4n) is 2.72. The maximum absolute atomic E-state index is 9.67. The van der Waals surface area contributed by atoms with Crippen LogP contribution in [0.2, 0.25) is 0 Å². The smallest absolute Gasteiger partial charge is 0.184 e. The second-order valence-corrected chi connectivity index (χ2v) is 7.36. The van der Waals surface area contributed by atoms with Gasteiger partial charge in [-0.15, -0.1) is 0 Å². The highest BCUT2D eigenvalue weighted by atomic mass is 27.0. The molecule has 4 rings (SSSR count). The van der Waals surface area contributed by atoms with Crippen LogP contribution in [-0.2, 0) is 0 Å². The lowest BCUT2D eigenvalue weighted by molar-refractivity contribution is 0.181. The lowest BCUT2D eigenvalue weighted by atomic mass is 9.98. The van der Waals surface area contributed by atoms with Gasteiger partial charge in [-0.1, -0.05) is 66.8 Å². The van der Waals surface area contributed by atoms with Crippen molar-refractivity contribution < 1.29 is 10.2 Å². The standard InChI is InChI=1S/C12H11O.C10H9NO.Al/c13-12-8-6-11(7-9-12)10-4-2-1-3-5-10;1-7-5-6-8-3-2-4-9(12)10(8)11-7;/h1-8,13H,9H2;2-6,12H,1H3;. The summed E-state index contributed by atoms with van der Waals surface area (Å²) in [4.78, 5) is 4.23. The fraction of sp³-hybridized carbons (Fsp3) is 0.136. The normalized spacial score (nSPS) is 18.8. The van der Waals surface area contributed by atoms with Gasteiger partial charge in [0.25, 0.3) is 0 Å². The number of pyridine rings is 1. The second kappa shape index (κ2) is 7.89. The first kappa shape index (κ1) is 18.4. The number of phenolic OH excluding ortho intramolecular Hbond substituents is 1. The summed E-state index contributed by atoms with van der Waals surface area (Å²) in [6.07, 6.45) is 6.49. The van der Waals surface area contributed by atoms with E-state index in [-0.39, 0.29) is 5.75 Å². The summed E-state index contributed by atoms with van der Waals surface area (Å²) < 4.78 is -0.752. The van der Waals surface area contributed by atoms with Crippen molar-refractivity contribution >= 4 is 32.8 Å². The summed E-state index contributed by atoms with van der Waals surface area (Å²) in [5, 5.41) is 20.1. The molecule has 0 aliphatic heterocycles. The summed E-state index contributed by atoms with van der Waals surface area (Å²) in [6, 6.07) is 19.5. The van der Waals surface area contributed by atoms with Gasteiger partial charge in [0.1, 0.15) is 11.3 Å². The molecule has 0 bridgehead atoms. The van der Waals surface area contributed by atoms with Crippen LogP contribution in [0.25, 0.3) is 16.5 Å². The van der Waals surface area contributed by atoms with E-state index >= 15 is 0 Å². The number of allylic oxidation sites excluding steroid dienone is 2. The molecule has 1 heterocycles. The maximum atomic E-state index is 9.67. The zero-order valence-electron chi connectivity index (χ0n) is 14.6. The van der Waals surface area contributed by atoms with E-state index in [0.717, 1.165) is 11.1 Å². The molecule has 1 aliphatic carbocycles. The Morgan fingerprint density at radius 2 is 1.77 bits per heavy atom. The minimum atomic E-state index is -0.752. The van der Waals surface area contributed by atoms with Gasteiger partial charge >= 0.3 is 0 Å². The van der Waals surface area contributed by atoms with E-state index < -0.39 is 4.46 Å². The topological polar surface area (TPSA) is 53.4 Å². The number of nitrogens with zero attached hydrogens (tertiary/aromatic N) is 1. The first-order valence-electron chi connectivity index (χ1n) is 8.46. The average molecular weight is 357 g/mol. The second-order valence-electron chi connectivity index (χ2n) is 6.36. The Labute approximate surface area is 161 Å². The van der Waals surface area contributed by atoms with Crippen LogP contribution in [0.1, 0.15) is 17.7 Å². The molecule has 1 aromatic heterocycles. The number of hydrogen-bond donors (Lipinski definition) is 2. The van der Waals surface area contributed by atoms with Crippen molar-refractivity contribution in [1.29, 1.82) is 0 Å². The molecule has 2 radical (unpaired) electrons. The van der Waals surface area contributed by atoms with Crippen LogP contribution in [0.3, 0.4) is 0 Å². The number of aromatic hydroxyl groups is 1. The Morgan fingerprint density at radius 1 is 1.00 bits per heavy atom. The van der Waals surface area contributed by atoms with E-state index in [1.165, 1.54) is 11.1 Å². The minimum Gasteiger partial charge on any atom is -0.506 e. The molecule has 1 aliphatic rings. The van der Waals surface area contributed by atoms with Gasteiger partial charge in [-0.05, 0) is 36.6 Å². The van der Waals surface area contributed by atoms with Gasteiger partial charge in [-0.2, -0.15) is 0 Å². The van der Waals surface area contributed by atoms with Gasteiger partial charge in [0, 0.05) is 15.5 Å². The SMILES string of the molecule is Cc1ccc2cccc(O)c2n1.O[C]1([Al])C=CC(c2ccccc2)=CC1. The summed E-state index contributed by atoms with van der Waals surface area (Å²) in [5.74, 6) is 0.246. The maximum Gasteiger partial charge on any atom is 0.184 e. The first-order valence-corrected chi connectivity index (χ1v) is 9.04. The Balaban J connectivity index is 0.000000152. The molecule has 1 unspecified atom stereocenters. The molecule has 0 saturated heterocycles. The fourth-order valence-corrected chi connectivity index (χ4v) is 2.93. The number of hydrogen-bond acceptors (Lipinski definition) is 3. The quantitative estimate of drug-likeness (QED) is 0.644. The number of rotatable bonds is 1. The number of aliphatic hydroxyl groups is 1. The van der Waals surface area contributed by atoms with Crippen molar-refractivity contribution in [3.05, 3.63) is 90.1 Å². The van der Waals surface area contributed by atoms with Crippen LogP contribution in [0, 0.1) is 6.92 Å².